The van der Waals surface area contributed by atoms with Gasteiger partial charge in [-0.1, -0.05) is 6.07 Å². The Balaban J connectivity index is 2.36. The van der Waals surface area contributed by atoms with Crippen LogP contribution in [0.25, 0.3) is 0 Å². The summed E-state index contributed by atoms with van der Waals surface area (Å²) in [6.07, 6.45) is 3.82. The van der Waals surface area contributed by atoms with E-state index in [1.807, 2.05) is 12.1 Å². The fraction of sp³-hybridized carbons (Fsp3) is 0.462. The van der Waals surface area contributed by atoms with Gasteiger partial charge >= 0.3 is 0 Å². The van der Waals surface area contributed by atoms with Gasteiger partial charge in [-0.25, -0.2) is 0 Å². The smallest absolute Gasteiger partial charge is 0.124 e. The van der Waals surface area contributed by atoms with Crippen LogP contribution < -0.4 is 10.6 Å². The highest BCUT2D eigenvalue weighted by Crippen LogP contribution is 2.30. The Hall–Kier alpha value is -1.51. The molecule has 3 N–H and O–H groups in total. The quantitative estimate of drug-likeness (QED) is 0.603. The number of aryl methyl sites for hydroxylation is 1. The van der Waals surface area contributed by atoms with Gasteiger partial charge in [0.15, 0.2) is 0 Å². The second kappa shape index (κ2) is 4.16. The maximum atomic E-state index is 7.61. The molecule has 1 aromatic rings. The number of nitrogens with zero attached hydrogens (tertiary/aromatic N) is 1. The van der Waals surface area contributed by atoms with Crippen molar-refractivity contribution in [2.45, 2.75) is 32.2 Å². The van der Waals surface area contributed by atoms with Gasteiger partial charge in [0.05, 0.1) is 0 Å². The van der Waals surface area contributed by atoms with Gasteiger partial charge in [0.1, 0.15) is 5.84 Å². The molecule has 16 heavy (non-hydrogen) atoms. The van der Waals surface area contributed by atoms with Gasteiger partial charge in [-0.2, -0.15) is 0 Å². The first-order valence-corrected chi connectivity index (χ1v) is 5.77. The van der Waals surface area contributed by atoms with Crippen LogP contribution in [0.4, 0.5) is 5.69 Å². The molecule has 0 spiro atoms. The van der Waals surface area contributed by atoms with Crippen LogP contribution >= 0.6 is 0 Å². The summed E-state index contributed by atoms with van der Waals surface area (Å²) in [7, 11) is 2.10. The number of benzene rings is 1. The molecule has 0 aromatic heterocycles. The second-order valence-corrected chi connectivity index (χ2v) is 4.63. The van der Waals surface area contributed by atoms with Crippen LogP contribution in [0.5, 0.6) is 0 Å². The minimum Gasteiger partial charge on any atom is -0.384 e. The Morgan fingerprint density at radius 1 is 1.44 bits per heavy atom. The average molecular weight is 217 g/mol. The fourth-order valence-corrected chi connectivity index (χ4v) is 2.13. The van der Waals surface area contributed by atoms with Gasteiger partial charge in [0, 0.05) is 24.3 Å². The van der Waals surface area contributed by atoms with Crippen molar-refractivity contribution < 1.29 is 0 Å². The van der Waals surface area contributed by atoms with Crippen molar-refractivity contribution >= 4 is 11.5 Å². The van der Waals surface area contributed by atoms with E-state index in [-0.39, 0.29) is 5.84 Å². The minimum absolute atomic E-state index is 0.154. The first-order valence-electron chi connectivity index (χ1n) is 5.77. The van der Waals surface area contributed by atoms with Crippen LogP contribution in [0.15, 0.2) is 18.2 Å². The summed E-state index contributed by atoms with van der Waals surface area (Å²) in [5.74, 6) is 0.154. The van der Waals surface area contributed by atoms with Gasteiger partial charge in [-0.3, -0.25) is 5.41 Å². The largest absolute Gasteiger partial charge is 0.384 e. The van der Waals surface area contributed by atoms with Crippen molar-refractivity contribution in [1.82, 2.24) is 0 Å². The van der Waals surface area contributed by atoms with Gasteiger partial charge < -0.3 is 10.6 Å². The Morgan fingerprint density at radius 3 is 2.62 bits per heavy atom. The molecule has 0 atom stereocenters. The predicted molar refractivity (Wildman–Crippen MR) is 68.2 cm³/mol. The van der Waals surface area contributed by atoms with Crippen molar-refractivity contribution in [3.8, 4) is 0 Å². The van der Waals surface area contributed by atoms with Crippen LogP contribution in [-0.2, 0) is 0 Å². The highest BCUT2D eigenvalue weighted by Gasteiger charge is 2.24. The molecule has 86 valence electrons. The predicted octanol–water partition coefficient (Wildman–Crippen LogP) is 2.27. The summed E-state index contributed by atoms with van der Waals surface area (Å²) in [5.41, 5.74) is 8.77. The van der Waals surface area contributed by atoms with Crippen LogP contribution in [-0.4, -0.2) is 18.9 Å². The van der Waals surface area contributed by atoms with Crippen LogP contribution in [0.3, 0.4) is 0 Å². The topological polar surface area (TPSA) is 53.1 Å². The number of nitrogen functional groups attached to an aromatic ring is 1. The molecule has 1 fully saturated rings. The van der Waals surface area contributed by atoms with E-state index in [1.54, 1.807) is 0 Å². The number of nitrogens with two attached hydrogens (primary N) is 1. The Kier molecular flexibility index (Phi) is 2.86. The molecule has 0 aliphatic heterocycles. The number of amidine groups is 1. The molecule has 1 aliphatic carbocycles. The van der Waals surface area contributed by atoms with Crippen molar-refractivity contribution in [2.75, 3.05) is 11.9 Å². The number of hydrogen-bond acceptors (Lipinski definition) is 2. The first kappa shape index (κ1) is 11.0. The van der Waals surface area contributed by atoms with Crippen molar-refractivity contribution in [2.24, 2.45) is 5.73 Å². The number of rotatable bonds is 3. The Morgan fingerprint density at radius 2 is 2.12 bits per heavy atom. The van der Waals surface area contributed by atoms with Crippen molar-refractivity contribution in [3.05, 3.63) is 29.3 Å². The fourth-order valence-electron chi connectivity index (χ4n) is 2.13. The zero-order valence-electron chi connectivity index (χ0n) is 9.96. The van der Waals surface area contributed by atoms with Gasteiger partial charge in [-0.15, -0.1) is 0 Å². The maximum absolute atomic E-state index is 7.61. The van der Waals surface area contributed by atoms with Crippen molar-refractivity contribution in [1.29, 1.82) is 5.41 Å². The molecular weight excluding hydrogens is 198 g/mol. The SMILES string of the molecule is Cc1ccc(C(=N)N)c(N(C)C2CCC2)c1. The summed E-state index contributed by atoms with van der Waals surface area (Å²) in [6, 6.07) is 6.70. The Labute approximate surface area is 96.8 Å². The van der Waals surface area contributed by atoms with Crippen LogP contribution in [0.2, 0.25) is 0 Å². The number of hydrogen-bond donors (Lipinski definition) is 2. The normalized spacial score (nSPS) is 15.6. The molecule has 0 bridgehead atoms. The average Bonchev–Trinajstić information content (AvgIpc) is 2.14. The Bertz CT molecular complexity index is 408. The zero-order valence-corrected chi connectivity index (χ0v) is 9.96. The molecular formula is C13H19N3. The van der Waals surface area contributed by atoms with E-state index in [9.17, 15) is 0 Å². The van der Waals surface area contributed by atoms with Gasteiger partial charge in [0.2, 0.25) is 0 Å². The van der Waals surface area contributed by atoms with Gasteiger partial charge in [0.25, 0.3) is 0 Å². The molecule has 0 amide bonds. The zero-order chi connectivity index (χ0) is 11.7. The van der Waals surface area contributed by atoms with Crippen LogP contribution in [0.1, 0.15) is 30.4 Å². The molecule has 0 radical (unpaired) electrons. The van der Waals surface area contributed by atoms with E-state index in [0.29, 0.717) is 6.04 Å². The summed E-state index contributed by atoms with van der Waals surface area (Å²) in [5, 5.41) is 7.61. The molecule has 2 rings (SSSR count). The highest BCUT2D eigenvalue weighted by molar-refractivity contribution is 6.00. The summed E-state index contributed by atoms with van der Waals surface area (Å²) in [4.78, 5) is 2.27. The highest BCUT2D eigenvalue weighted by atomic mass is 15.1. The molecule has 1 aromatic carbocycles. The molecule has 1 aliphatic rings. The van der Waals surface area contributed by atoms with E-state index in [4.69, 9.17) is 11.1 Å². The lowest BCUT2D eigenvalue weighted by molar-refractivity contribution is 0.401. The van der Waals surface area contributed by atoms with E-state index < -0.39 is 0 Å². The maximum Gasteiger partial charge on any atom is 0.124 e. The lowest BCUT2D eigenvalue weighted by Crippen LogP contribution is -2.38. The molecule has 0 unspecified atom stereocenters. The molecule has 3 heteroatoms. The van der Waals surface area contributed by atoms with E-state index in [1.165, 1.54) is 24.8 Å². The monoisotopic (exact) mass is 217 g/mol. The summed E-state index contributed by atoms with van der Waals surface area (Å²) >= 11 is 0. The third-order valence-corrected chi connectivity index (χ3v) is 3.45. The third kappa shape index (κ3) is 1.90. The summed E-state index contributed by atoms with van der Waals surface area (Å²) in [6.45, 7) is 2.07. The van der Waals surface area contributed by atoms with E-state index in [0.717, 1.165) is 11.3 Å². The lowest BCUT2D eigenvalue weighted by atomic mass is 9.91. The second-order valence-electron chi connectivity index (χ2n) is 4.63. The molecule has 1 saturated carbocycles. The van der Waals surface area contributed by atoms with E-state index >= 15 is 0 Å². The standard InChI is InChI=1S/C13H19N3/c1-9-6-7-11(13(14)15)12(8-9)16(2)10-4-3-5-10/h6-8,10H,3-5H2,1-2H3,(H3,14,15). The molecule has 3 nitrogen and oxygen atoms in total. The molecule has 0 heterocycles. The summed E-state index contributed by atoms with van der Waals surface area (Å²) < 4.78 is 0. The first-order chi connectivity index (χ1) is 7.59. The van der Waals surface area contributed by atoms with Gasteiger partial charge in [-0.05, 0) is 43.9 Å². The van der Waals surface area contributed by atoms with Crippen LogP contribution in [0, 0.1) is 12.3 Å². The number of nitrogens with one attached hydrogen (secondary N) is 1. The van der Waals surface area contributed by atoms with E-state index in [2.05, 4.69) is 24.9 Å². The van der Waals surface area contributed by atoms with Crippen molar-refractivity contribution in [3.63, 3.8) is 0 Å². The minimum atomic E-state index is 0.154. The molecule has 0 saturated heterocycles. The lowest BCUT2D eigenvalue weighted by Gasteiger charge is -2.37. The number of anilines is 1. The third-order valence-electron chi connectivity index (χ3n) is 3.45.